The van der Waals surface area contributed by atoms with Crippen LogP contribution in [-0.2, 0) is 29.7 Å². The smallest absolute Gasteiger partial charge is 0.237 e. The zero-order valence-electron chi connectivity index (χ0n) is 29.0. The number of aromatic nitrogens is 4. The van der Waals surface area contributed by atoms with Gasteiger partial charge in [-0.15, -0.1) is 0 Å². The van der Waals surface area contributed by atoms with Crippen molar-refractivity contribution < 1.29 is 14.3 Å². The second-order valence-electron chi connectivity index (χ2n) is 14.8. The summed E-state index contributed by atoms with van der Waals surface area (Å²) in [6.07, 6.45) is 8.75. The van der Waals surface area contributed by atoms with Gasteiger partial charge in [-0.1, -0.05) is 59.6 Å². The number of hydrogen-bond acceptors (Lipinski definition) is 8. The van der Waals surface area contributed by atoms with Gasteiger partial charge in [0.1, 0.15) is 5.69 Å². The molecule has 5 aromatic rings. The van der Waals surface area contributed by atoms with Crippen molar-refractivity contribution in [1.82, 2.24) is 40.0 Å². The quantitative estimate of drug-likeness (QED) is 0.211. The summed E-state index contributed by atoms with van der Waals surface area (Å²) in [5.41, 5.74) is 8.38. The van der Waals surface area contributed by atoms with E-state index in [1.54, 1.807) is 13.3 Å². The van der Waals surface area contributed by atoms with Gasteiger partial charge in [0.2, 0.25) is 17.7 Å². The zero-order valence-corrected chi connectivity index (χ0v) is 30.5. The summed E-state index contributed by atoms with van der Waals surface area (Å²) in [5.74, 6) is 0.729. The Morgan fingerprint density at radius 2 is 1.40 bits per heavy atom. The van der Waals surface area contributed by atoms with Crippen LogP contribution in [0.5, 0.6) is 5.88 Å². The number of fused-ring (bicyclic) bond motifs is 1. The first-order chi connectivity index (χ1) is 25.1. The number of nitrogens with one attached hydrogen (secondary N) is 2. The molecule has 0 unspecified atom stereocenters. The molecule has 0 bridgehead atoms. The Hall–Kier alpha value is -4.55. The minimum Gasteiger partial charge on any atom is -0.480 e. The van der Waals surface area contributed by atoms with Gasteiger partial charge in [-0.3, -0.25) is 29.4 Å². The van der Waals surface area contributed by atoms with E-state index in [1.165, 1.54) is 0 Å². The average Bonchev–Trinajstić information content (AvgIpc) is 3.79. The van der Waals surface area contributed by atoms with Crippen molar-refractivity contribution in [3.8, 4) is 39.4 Å². The molecule has 0 aliphatic carbocycles. The summed E-state index contributed by atoms with van der Waals surface area (Å²) in [6, 6.07) is 13.9. The fourth-order valence-corrected chi connectivity index (χ4v) is 9.28. The molecule has 0 atom stereocenters. The minimum atomic E-state index is -0.103. The van der Waals surface area contributed by atoms with Crippen LogP contribution in [0, 0.1) is 0 Å². The first-order valence-electron chi connectivity index (χ1n) is 17.6. The van der Waals surface area contributed by atoms with Crippen LogP contribution in [0.1, 0.15) is 36.9 Å². The first-order valence-corrected chi connectivity index (χ1v) is 18.4. The minimum absolute atomic E-state index is 0.0485. The number of aryl methyl sites for hydroxylation is 1. The zero-order chi connectivity index (χ0) is 35.8. The molecular formula is C39H38Cl2N8O3. The molecule has 4 aliphatic heterocycles. The molecular weight excluding hydrogens is 699 g/mol. The summed E-state index contributed by atoms with van der Waals surface area (Å²) >= 11 is 14.3. The van der Waals surface area contributed by atoms with E-state index in [0.29, 0.717) is 41.0 Å². The molecule has 2 aromatic carbocycles. The van der Waals surface area contributed by atoms with Gasteiger partial charge in [0.25, 0.3) is 0 Å². The normalized spacial score (nSPS) is 19.2. The Morgan fingerprint density at radius 1 is 0.808 bits per heavy atom. The molecule has 2 N–H and O–H groups in total. The van der Waals surface area contributed by atoms with E-state index < -0.39 is 0 Å². The lowest BCUT2D eigenvalue weighted by Gasteiger charge is -2.47. The topological polar surface area (TPSA) is 118 Å². The Labute approximate surface area is 311 Å². The monoisotopic (exact) mass is 736 g/mol. The van der Waals surface area contributed by atoms with Gasteiger partial charge in [0.15, 0.2) is 0 Å². The van der Waals surface area contributed by atoms with Gasteiger partial charge in [0.05, 0.1) is 51.2 Å². The summed E-state index contributed by atoms with van der Waals surface area (Å²) < 4.78 is 7.80. The number of carbonyl (C=O) groups is 2. The molecule has 13 heteroatoms. The van der Waals surface area contributed by atoms with Crippen LogP contribution in [-0.4, -0.2) is 85.5 Å². The second-order valence-corrected chi connectivity index (χ2v) is 15.6. The fourth-order valence-electron chi connectivity index (χ4n) is 8.61. The number of rotatable bonds is 8. The lowest BCUT2D eigenvalue weighted by atomic mass is 9.88. The number of nitrogens with zero attached hydrogens (tertiary/aromatic N) is 6. The number of benzene rings is 2. The van der Waals surface area contributed by atoms with Crippen molar-refractivity contribution in [2.75, 3.05) is 33.3 Å². The molecule has 4 fully saturated rings. The van der Waals surface area contributed by atoms with E-state index in [-0.39, 0.29) is 22.9 Å². The Kier molecular flexibility index (Phi) is 8.03. The molecule has 2 spiro atoms. The van der Waals surface area contributed by atoms with Gasteiger partial charge >= 0.3 is 0 Å². The van der Waals surface area contributed by atoms with Gasteiger partial charge in [-0.2, -0.15) is 0 Å². The van der Waals surface area contributed by atoms with E-state index >= 15 is 0 Å². The van der Waals surface area contributed by atoms with Crippen LogP contribution >= 0.6 is 23.2 Å². The van der Waals surface area contributed by atoms with E-state index in [0.717, 1.165) is 95.7 Å². The predicted molar refractivity (Wildman–Crippen MR) is 200 cm³/mol. The molecule has 0 radical (unpaired) electrons. The molecule has 9 rings (SSSR count). The van der Waals surface area contributed by atoms with E-state index in [2.05, 4.69) is 37.3 Å². The summed E-state index contributed by atoms with van der Waals surface area (Å²) in [4.78, 5) is 42.6. The lowest BCUT2D eigenvalue weighted by Crippen LogP contribution is -2.66. The maximum Gasteiger partial charge on any atom is 0.237 e. The van der Waals surface area contributed by atoms with Gasteiger partial charge in [-0.05, 0) is 18.9 Å². The van der Waals surface area contributed by atoms with Crippen molar-refractivity contribution in [3.05, 3.63) is 82.4 Å². The van der Waals surface area contributed by atoms with Crippen molar-refractivity contribution in [3.63, 3.8) is 0 Å². The Balaban J connectivity index is 0.955. The maximum atomic E-state index is 11.8. The van der Waals surface area contributed by atoms with E-state index in [4.69, 9.17) is 42.9 Å². The van der Waals surface area contributed by atoms with Crippen LogP contribution < -0.4 is 15.4 Å². The molecule has 11 nitrogen and oxygen atoms in total. The third kappa shape index (κ3) is 5.71. The number of ether oxygens (including phenoxy) is 1. The number of halogens is 2. The van der Waals surface area contributed by atoms with Gasteiger partial charge in [0, 0.05) is 105 Å². The first kappa shape index (κ1) is 33.3. The lowest BCUT2D eigenvalue weighted by molar-refractivity contribution is -0.121. The van der Waals surface area contributed by atoms with E-state index in [1.807, 2.05) is 49.6 Å². The van der Waals surface area contributed by atoms with Crippen molar-refractivity contribution in [2.24, 2.45) is 7.05 Å². The number of carbonyl (C=O) groups excluding carboxylic acids is 2. The van der Waals surface area contributed by atoms with Crippen LogP contribution in [0.15, 0.2) is 61.1 Å². The molecule has 0 saturated carbocycles. The molecule has 52 heavy (non-hydrogen) atoms. The number of pyridine rings is 1. The fraction of sp³-hybridized carbons (Fsp3) is 0.359. The molecule has 266 valence electrons. The van der Waals surface area contributed by atoms with Gasteiger partial charge in [-0.25, -0.2) is 4.98 Å². The molecule has 4 aliphatic rings. The molecule has 3 aromatic heterocycles. The Bertz CT molecular complexity index is 2280. The largest absolute Gasteiger partial charge is 0.480 e. The Morgan fingerprint density at radius 3 is 2.02 bits per heavy atom. The highest BCUT2D eigenvalue weighted by Crippen LogP contribution is 2.43. The molecule has 2 amide bonds. The highest BCUT2D eigenvalue weighted by molar-refractivity contribution is 6.39. The van der Waals surface area contributed by atoms with Crippen molar-refractivity contribution >= 4 is 46.0 Å². The predicted octanol–water partition coefficient (Wildman–Crippen LogP) is 5.61. The maximum absolute atomic E-state index is 11.8. The highest BCUT2D eigenvalue weighted by Gasteiger charge is 2.48. The third-order valence-corrected chi connectivity index (χ3v) is 11.9. The summed E-state index contributed by atoms with van der Waals surface area (Å²) in [6.45, 7) is 4.68. The van der Waals surface area contributed by atoms with Crippen LogP contribution in [0.25, 0.3) is 44.5 Å². The highest BCUT2D eigenvalue weighted by atomic mass is 35.5. The summed E-state index contributed by atoms with van der Waals surface area (Å²) in [5, 5.41) is 7.38. The van der Waals surface area contributed by atoms with Crippen LogP contribution in [0.3, 0.4) is 0 Å². The summed E-state index contributed by atoms with van der Waals surface area (Å²) in [7, 11) is 3.63. The standard InChI is InChI=1S/C39H38Cl2N8O3/c1-47-16-24(17-48-19-38(20-48)11-9-32(50)45-38)36-31(47)13-23(14-43-36)25-5-3-6-26(34(25)40)27-7-4-8-28(35(27)41)29-15-42-30(37(44-29)52-2)18-49-21-39(22-49)12-10-33(51)46-39/h3-8,13-16H,9-12,17-22H2,1-2H3,(H,45,50)(H,46,51). The van der Waals surface area contributed by atoms with E-state index in [9.17, 15) is 9.59 Å². The number of methoxy groups -OCH3 is 1. The second kappa shape index (κ2) is 12.5. The number of hydrogen-bond donors (Lipinski definition) is 2. The van der Waals surface area contributed by atoms with Crippen molar-refractivity contribution in [2.45, 2.75) is 49.9 Å². The van der Waals surface area contributed by atoms with Crippen LogP contribution in [0.4, 0.5) is 0 Å². The molecule has 7 heterocycles. The third-order valence-electron chi connectivity index (χ3n) is 11.1. The van der Waals surface area contributed by atoms with Gasteiger partial charge < -0.3 is 19.9 Å². The van der Waals surface area contributed by atoms with Crippen molar-refractivity contribution in [1.29, 1.82) is 0 Å². The average molecular weight is 738 g/mol. The number of likely N-dealkylation sites (tertiary alicyclic amines) is 2. The number of amides is 2. The molecule has 4 saturated heterocycles. The van der Waals surface area contributed by atoms with Crippen LogP contribution in [0.2, 0.25) is 10.0 Å². The SMILES string of the molecule is COc1nc(-c2cccc(-c3cccc(-c4cnc5c(CN6CC7(CCC(=O)N7)C6)cn(C)c5c4)c3Cl)c2Cl)cnc1CN1CC2(CCC(=O)N2)C1.